The molecule has 0 fully saturated rings. The molecule has 1 heterocycles. The lowest BCUT2D eigenvalue weighted by Gasteiger charge is -2.00. The molecule has 0 unspecified atom stereocenters. The molecule has 0 radical (unpaired) electrons. The molecule has 88 valence electrons. The van der Waals surface area contributed by atoms with Crippen LogP contribution in [0.25, 0.3) is 5.69 Å². The number of aryl methyl sites for hydroxylation is 1. The van der Waals surface area contributed by atoms with Gasteiger partial charge in [-0.25, -0.2) is 9.48 Å². The van der Waals surface area contributed by atoms with Crippen LogP contribution in [0, 0.1) is 0 Å². The van der Waals surface area contributed by atoms with Crippen molar-refractivity contribution in [3.05, 3.63) is 46.7 Å². The van der Waals surface area contributed by atoms with Crippen LogP contribution in [0.4, 0.5) is 0 Å². The normalized spacial score (nSPS) is 10.5. The smallest absolute Gasteiger partial charge is 0.339 e. The summed E-state index contributed by atoms with van der Waals surface area (Å²) in [6, 6.07) is 7.11. The van der Waals surface area contributed by atoms with E-state index in [-0.39, 0.29) is 5.56 Å². The fourth-order valence-corrected chi connectivity index (χ4v) is 1.78. The van der Waals surface area contributed by atoms with Crippen LogP contribution in [0.5, 0.6) is 0 Å². The van der Waals surface area contributed by atoms with Crippen molar-refractivity contribution in [2.45, 2.75) is 13.3 Å². The monoisotopic (exact) mass is 250 g/mol. The number of hydrogen-bond acceptors (Lipinski definition) is 2. The summed E-state index contributed by atoms with van der Waals surface area (Å²) in [4.78, 5) is 11.0. The van der Waals surface area contributed by atoms with Crippen molar-refractivity contribution < 1.29 is 9.90 Å². The molecule has 1 aromatic heterocycles. The molecule has 0 saturated heterocycles. The fraction of sp³-hybridized carbons (Fsp3) is 0.167. The maximum atomic E-state index is 11.0. The van der Waals surface area contributed by atoms with Gasteiger partial charge >= 0.3 is 5.97 Å². The molecule has 0 aliphatic carbocycles. The van der Waals surface area contributed by atoms with E-state index >= 15 is 0 Å². The first-order valence-electron chi connectivity index (χ1n) is 5.19. The van der Waals surface area contributed by atoms with Crippen molar-refractivity contribution in [1.82, 2.24) is 9.78 Å². The Morgan fingerprint density at radius 2 is 2.29 bits per heavy atom. The number of halogens is 1. The van der Waals surface area contributed by atoms with Gasteiger partial charge in [0.1, 0.15) is 5.56 Å². The standard InChI is InChI=1S/C12H11ClN2O2/c1-2-11-10(12(16)17)7-15(14-11)9-5-3-4-8(13)6-9/h3-7H,2H2,1H3,(H,16,17). The lowest BCUT2D eigenvalue weighted by molar-refractivity contribution is 0.0696. The molecule has 1 N–H and O–H groups in total. The minimum Gasteiger partial charge on any atom is -0.478 e. The molecular formula is C12H11ClN2O2. The number of aromatic nitrogens is 2. The number of hydrogen-bond donors (Lipinski definition) is 1. The molecule has 0 aliphatic rings. The third-order valence-corrected chi connectivity index (χ3v) is 2.66. The summed E-state index contributed by atoms with van der Waals surface area (Å²) >= 11 is 5.88. The van der Waals surface area contributed by atoms with Crippen LogP contribution >= 0.6 is 11.6 Å². The van der Waals surface area contributed by atoms with Gasteiger partial charge in [-0.2, -0.15) is 5.10 Å². The second kappa shape index (κ2) is 4.59. The van der Waals surface area contributed by atoms with E-state index < -0.39 is 5.97 Å². The zero-order valence-electron chi connectivity index (χ0n) is 9.22. The molecule has 0 aliphatic heterocycles. The summed E-state index contributed by atoms with van der Waals surface area (Å²) in [5.41, 5.74) is 1.55. The van der Waals surface area contributed by atoms with Gasteiger partial charge in [-0.1, -0.05) is 24.6 Å². The van der Waals surface area contributed by atoms with E-state index in [9.17, 15) is 4.79 Å². The lowest BCUT2D eigenvalue weighted by Crippen LogP contribution is -1.98. The van der Waals surface area contributed by atoms with Crippen LogP contribution < -0.4 is 0 Å². The van der Waals surface area contributed by atoms with E-state index in [1.165, 1.54) is 10.9 Å². The number of benzene rings is 1. The van der Waals surface area contributed by atoms with Crippen molar-refractivity contribution in [2.75, 3.05) is 0 Å². The Morgan fingerprint density at radius 3 is 2.82 bits per heavy atom. The van der Waals surface area contributed by atoms with Gasteiger partial charge in [-0.15, -0.1) is 0 Å². The second-order valence-corrected chi connectivity index (χ2v) is 4.01. The summed E-state index contributed by atoms with van der Waals surface area (Å²) in [5.74, 6) is -0.963. The van der Waals surface area contributed by atoms with E-state index in [1.54, 1.807) is 18.2 Å². The molecule has 0 atom stereocenters. The Balaban J connectivity index is 2.50. The molecule has 0 spiro atoms. The Morgan fingerprint density at radius 1 is 1.53 bits per heavy atom. The summed E-state index contributed by atoms with van der Waals surface area (Å²) in [5, 5.41) is 13.9. The van der Waals surface area contributed by atoms with Gasteiger partial charge in [0.2, 0.25) is 0 Å². The van der Waals surface area contributed by atoms with Crippen LogP contribution in [0.1, 0.15) is 23.0 Å². The van der Waals surface area contributed by atoms with Crippen molar-refractivity contribution in [2.24, 2.45) is 0 Å². The minimum absolute atomic E-state index is 0.229. The zero-order valence-corrected chi connectivity index (χ0v) is 9.98. The number of rotatable bonds is 3. The van der Waals surface area contributed by atoms with E-state index in [2.05, 4.69) is 5.10 Å². The largest absolute Gasteiger partial charge is 0.478 e. The predicted octanol–water partition coefficient (Wildman–Crippen LogP) is 2.79. The van der Waals surface area contributed by atoms with Gasteiger partial charge in [0, 0.05) is 11.2 Å². The third-order valence-electron chi connectivity index (χ3n) is 2.43. The maximum Gasteiger partial charge on any atom is 0.339 e. The first kappa shape index (κ1) is 11.7. The average Bonchev–Trinajstić information content (AvgIpc) is 2.73. The highest BCUT2D eigenvalue weighted by Gasteiger charge is 2.14. The SMILES string of the molecule is CCc1nn(-c2cccc(Cl)c2)cc1C(=O)O. The number of carbonyl (C=O) groups is 1. The molecule has 0 saturated carbocycles. The van der Waals surface area contributed by atoms with Crippen LogP contribution in [-0.2, 0) is 6.42 Å². The van der Waals surface area contributed by atoms with Gasteiger partial charge in [0.15, 0.2) is 0 Å². The number of nitrogens with zero attached hydrogens (tertiary/aromatic N) is 2. The highest BCUT2D eigenvalue weighted by atomic mass is 35.5. The lowest BCUT2D eigenvalue weighted by atomic mass is 10.2. The molecule has 0 amide bonds. The van der Waals surface area contributed by atoms with Crippen LogP contribution in [0.2, 0.25) is 5.02 Å². The number of aromatic carboxylic acids is 1. The maximum absolute atomic E-state index is 11.0. The third kappa shape index (κ3) is 2.31. The zero-order chi connectivity index (χ0) is 12.4. The molecule has 17 heavy (non-hydrogen) atoms. The van der Waals surface area contributed by atoms with Crippen LogP contribution in [-0.4, -0.2) is 20.9 Å². The molecular weight excluding hydrogens is 240 g/mol. The molecule has 2 aromatic rings. The van der Waals surface area contributed by atoms with Crippen LogP contribution in [0.15, 0.2) is 30.5 Å². The summed E-state index contributed by atoms with van der Waals surface area (Å²) in [6.07, 6.45) is 2.09. The van der Waals surface area contributed by atoms with Gasteiger partial charge in [-0.3, -0.25) is 0 Å². The Bertz CT molecular complexity index is 563. The van der Waals surface area contributed by atoms with E-state index in [4.69, 9.17) is 16.7 Å². The predicted molar refractivity (Wildman–Crippen MR) is 64.9 cm³/mol. The molecule has 1 aromatic carbocycles. The highest BCUT2D eigenvalue weighted by molar-refractivity contribution is 6.30. The van der Waals surface area contributed by atoms with Crippen molar-refractivity contribution >= 4 is 17.6 Å². The van der Waals surface area contributed by atoms with E-state index in [0.29, 0.717) is 17.1 Å². The van der Waals surface area contributed by atoms with Crippen molar-refractivity contribution in [3.8, 4) is 5.69 Å². The highest BCUT2D eigenvalue weighted by Crippen LogP contribution is 2.16. The molecule has 5 heteroatoms. The van der Waals surface area contributed by atoms with Gasteiger partial charge in [0.25, 0.3) is 0 Å². The topological polar surface area (TPSA) is 55.1 Å². The average molecular weight is 251 g/mol. The van der Waals surface area contributed by atoms with Gasteiger partial charge in [0.05, 0.1) is 11.4 Å². The number of carboxylic acids is 1. The first-order valence-corrected chi connectivity index (χ1v) is 5.57. The van der Waals surface area contributed by atoms with E-state index in [0.717, 1.165) is 5.69 Å². The molecule has 0 bridgehead atoms. The van der Waals surface area contributed by atoms with Gasteiger partial charge < -0.3 is 5.11 Å². The molecule has 2 rings (SSSR count). The minimum atomic E-state index is -0.963. The quantitative estimate of drug-likeness (QED) is 0.911. The fourth-order valence-electron chi connectivity index (χ4n) is 1.60. The second-order valence-electron chi connectivity index (χ2n) is 3.57. The van der Waals surface area contributed by atoms with Crippen molar-refractivity contribution in [3.63, 3.8) is 0 Å². The van der Waals surface area contributed by atoms with Gasteiger partial charge in [-0.05, 0) is 24.6 Å². The van der Waals surface area contributed by atoms with Crippen LogP contribution in [0.3, 0.4) is 0 Å². The number of carboxylic acid groups (broad SMARTS) is 1. The van der Waals surface area contributed by atoms with E-state index in [1.807, 2.05) is 13.0 Å². The Labute approximate surface area is 103 Å². The van der Waals surface area contributed by atoms with Crippen molar-refractivity contribution in [1.29, 1.82) is 0 Å². The summed E-state index contributed by atoms with van der Waals surface area (Å²) < 4.78 is 1.54. The summed E-state index contributed by atoms with van der Waals surface area (Å²) in [6.45, 7) is 1.87. The molecule has 4 nitrogen and oxygen atoms in total. The summed E-state index contributed by atoms with van der Waals surface area (Å²) in [7, 11) is 0. The Hall–Kier alpha value is -1.81. The Kier molecular flexibility index (Phi) is 3.15. The first-order chi connectivity index (χ1) is 8.11.